The molecule has 1 N–H and O–H groups in total. The Bertz CT molecular complexity index is 264. The fourth-order valence-corrected chi connectivity index (χ4v) is 3.13. The maximum atomic E-state index is 11.8. The molecule has 0 aromatic heterocycles. The predicted octanol–water partition coefficient (Wildman–Crippen LogP) is 2.33. The lowest BCUT2D eigenvalue weighted by atomic mass is 9.88. The van der Waals surface area contributed by atoms with Crippen LogP contribution in [0.1, 0.15) is 25.7 Å². The molecule has 3 unspecified atom stereocenters. The lowest BCUT2D eigenvalue weighted by Crippen LogP contribution is -2.33. The summed E-state index contributed by atoms with van der Waals surface area (Å²) in [7, 11) is 0. The van der Waals surface area contributed by atoms with E-state index < -0.39 is 0 Å². The van der Waals surface area contributed by atoms with E-state index >= 15 is 0 Å². The lowest BCUT2D eigenvalue weighted by molar-refractivity contribution is -0.126. The summed E-state index contributed by atoms with van der Waals surface area (Å²) in [6, 6.07) is 0. The highest BCUT2D eigenvalue weighted by Gasteiger charge is 2.42. The third-order valence-electron chi connectivity index (χ3n) is 3.72. The Balaban J connectivity index is 1.74. The van der Waals surface area contributed by atoms with Crippen LogP contribution in [0.2, 0.25) is 0 Å². The van der Waals surface area contributed by atoms with Gasteiger partial charge in [-0.15, -0.1) is 11.6 Å². The summed E-state index contributed by atoms with van der Waals surface area (Å²) >= 11 is 5.50. The second kappa shape index (κ2) is 5.02. The Kier molecular flexibility index (Phi) is 3.68. The van der Waals surface area contributed by atoms with Crippen LogP contribution in [0, 0.1) is 17.8 Å². The maximum Gasteiger partial charge on any atom is 0.223 e. The zero-order valence-electron chi connectivity index (χ0n) is 8.92. The quantitative estimate of drug-likeness (QED) is 0.580. The summed E-state index contributed by atoms with van der Waals surface area (Å²) in [4.78, 5) is 11.8. The van der Waals surface area contributed by atoms with Crippen LogP contribution in [0.3, 0.4) is 0 Å². The first-order valence-corrected chi connectivity index (χ1v) is 6.33. The molecule has 0 aromatic rings. The molecule has 0 spiro atoms. The summed E-state index contributed by atoms with van der Waals surface area (Å²) in [5.74, 6) is 2.58. The molecule has 0 aromatic carbocycles. The highest BCUT2D eigenvalue weighted by molar-refractivity contribution is 6.18. The van der Waals surface area contributed by atoms with Crippen LogP contribution in [-0.2, 0) is 4.79 Å². The molecule has 3 heteroatoms. The van der Waals surface area contributed by atoms with Gasteiger partial charge in [0.05, 0.1) is 0 Å². The van der Waals surface area contributed by atoms with E-state index in [-0.39, 0.29) is 5.91 Å². The Morgan fingerprint density at radius 1 is 1.33 bits per heavy atom. The van der Waals surface area contributed by atoms with E-state index in [1.165, 1.54) is 19.3 Å². The van der Waals surface area contributed by atoms with Gasteiger partial charge in [-0.3, -0.25) is 4.79 Å². The minimum atomic E-state index is 0.251. The molecule has 2 aliphatic carbocycles. The van der Waals surface area contributed by atoms with Crippen molar-refractivity contribution in [2.75, 3.05) is 12.4 Å². The number of nitrogens with one attached hydrogen (secondary N) is 1. The van der Waals surface area contributed by atoms with Crippen molar-refractivity contribution in [1.29, 1.82) is 0 Å². The van der Waals surface area contributed by atoms with Crippen LogP contribution in [-0.4, -0.2) is 18.3 Å². The van der Waals surface area contributed by atoms with Crippen LogP contribution in [0.4, 0.5) is 0 Å². The molecule has 2 saturated carbocycles. The summed E-state index contributed by atoms with van der Waals surface area (Å²) in [6.07, 6.45) is 8.80. The lowest BCUT2D eigenvalue weighted by Gasteiger charge is -2.20. The normalized spacial score (nSPS) is 33.8. The second-order valence-corrected chi connectivity index (χ2v) is 4.96. The molecule has 2 rings (SSSR count). The number of fused-ring (bicyclic) bond motifs is 2. The summed E-state index contributed by atoms with van der Waals surface area (Å²) in [5, 5.41) is 2.96. The van der Waals surface area contributed by atoms with E-state index in [9.17, 15) is 4.79 Å². The fourth-order valence-electron chi connectivity index (χ4n) is 3.00. The number of alkyl halides is 1. The van der Waals surface area contributed by atoms with Gasteiger partial charge in [-0.1, -0.05) is 18.6 Å². The van der Waals surface area contributed by atoms with Crippen molar-refractivity contribution in [3.05, 3.63) is 12.2 Å². The van der Waals surface area contributed by atoms with E-state index in [0.29, 0.717) is 24.3 Å². The molecular weight excluding hydrogens is 210 g/mol. The molecular formula is C12H18ClNO. The third-order valence-corrected chi connectivity index (χ3v) is 3.90. The van der Waals surface area contributed by atoms with Crippen molar-refractivity contribution in [2.45, 2.75) is 25.7 Å². The third kappa shape index (κ3) is 2.54. The smallest absolute Gasteiger partial charge is 0.223 e. The van der Waals surface area contributed by atoms with E-state index in [1.54, 1.807) is 0 Å². The first-order chi connectivity index (χ1) is 7.31. The Hall–Kier alpha value is -0.500. The van der Waals surface area contributed by atoms with Gasteiger partial charge in [0.25, 0.3) is 0 Å². The number of hydrogen-bond donors (Lipinski definition) is 1. The largest absolute Gasteiger partial charge is 0.352 e. The van der Waals surface area contributed by atoms with Crippen LogP contribution in [0.15, 0.2) is 12.2 Å². The van der Waals surface area contributed by atoms with Gasteiger partial charge in [0.15, 0.2) is 0 Å². The molecule has 2 fully saturated rings. The SMILES string of the molecule is O=C(NC/C=C/CCl)C1CC2CCC1C2. The van der Waals surface area contributed by atoms with E-state index in [0.717, 1.165) is 12.3 Å². The summed E-state index contributed by atoms with van der Waals surface area (Å²) in [6.45, 7) is 0.624. The van der Waals surface area contributed by atoms with Gasteiger partial charge >= 0.3 is 0 Å². The zero-order chi connectivity index (χ0) is 10.7. The molecule has 3 atom stereocenters. The van der Waals surface area contributed by atoms with Gasteiger partial charge in [0.1, 0.15) is 0 Å². The molecule has 15 heavy (non-hydrogen) atoms. The topological polar surface area (TPSA) is 29.1 Å². The molecule has 2 bridgehead atoms. The van der Waals surface area contributed by atoms with Gasteiger partial charge in [0.2, 0.25) is 5.91 Å². The second-order valence-electron chi connectivity index (χ2n) is 4.65. The van der Waals surface area contributed by atoms with Crippen LogP contribution in [0.25, 0.3) is 0 Å². The number of amides is 1. The number of carbonyl (C=O) groups excluding carboxylic acids is 1. The number of rotatable bonds is 4. The summed E-state index contributed by atoms with van der Waals surface area (Å²) < 4.78 is 0. The molecule has 0 heterocycles. The molecule has 0 radical (unpaired) electrons. The molecule has 0 saturated heterocycles. The van der Waals surface area contributed by atoms with Crippen molar-refractivity contribution < 1.29 is 4.79 Å². The van der Waals surface area contributed by atoms with Crippen molar-refractivity contribution in [3.8, 4) is 0 Å². The first-order valence-electron chi connectivity index (χ1n) is 5.80. The van der Waals surface area contributed by atoms with E-state index in [2.05, 4.69) is 5.32 Å². The van der Waals surface area contributed by atoms with Gasteiger partial charge in [0, 0.05) is 18.3 Å². The number of carbonyl (C=O) groups is 1. The van der Waals surface area contributed by atoms with Gasteiger partial charge in [-0.05, 0) is 31.1 Å². The van der Waals surface area contributed by atoms with Crippen LogP contribution < -0.4 is 5.32 Å². The van der Waals surface area contributed by atoms with Crippen molar-refractivity contribution >= 4 is 17.5 Å². The maximum absolute atomic E-state index is 11.8. The van der Waals surface area contributed by atoms with Crippen LogP contribution in [0.5, 0.6) is 0 Å². The standard InChI is InChI=1S/C12H18ClNO/c13-5-1-2-6-14-12(15)11-8-9-3-4-10(11)7-9/h1-2,9-11H,3-8H2,(H,14,15)/b2-1+. The van der Waals surface area contributed by atoms with Crippen molar-refractivity contribution in [2.24, 2.45) is 17.8 Å². The van der Waals surface area contributed by atoms with Gasteiger partial charge in [-0.25, -0.2) is 0 Å². The minimum Gasteiger partial charge on any atom is -0.352 e. The molecule has 0 aliphatic heterocycles. The average Bonchev–Trinajstić information content (AvgIpc) is 2.85. The summed E-state index contributed by atoms with van der Waals surface area (Å²) in [5.41, 5.74) is 0. The zero-order valence-corrected chi connectivity index (χ0v) is 9.67. The van der Waals surface area contributed by atoms with Crippen molar-refractivity contribution in [1.82, 2.24) is 5.32 Å². The number of hydrogen-bond acceptors (Lipinski definition) is 1. The number of halogens is 1. The molecule has 2 nitrogen and oxygen atoms in total. The monoisotopic (exact) mass is 227 g/mol. The molecule has 1 amide bonds. The average molecular weight is 228 g/mol. The van der Waals surface area contributed by atoms with Crippen LogP contribution >= 0.6 is 11.6 Å². The molecule has 2 aliphatic rings. The van der Waals surface area contributed by atoms with Gasteiger partial charge < -0.3 is 5.32 Å². The van der Waals surface area contributed by atoms with Gasteiger partial charge in [-0.2, -0.15) is 0 Å². The van der Waals surface area contributed by atoms with Crippen molar-refractivity contribution in [3.63, 3.8) is 0 Å². The van der Waals surface area contributed by atoms with E-state index in [4.69, 9.17) is 11.6 Å². The molecule has 84 valence electrons. The minimum absolute atomic E-state index is 0.251. The Morgan fingerprint density at radius 3 is 2.80 bits per heavy atom. The highest BCUT2D eigenvalue weighted by Crippen LogP contribution is 2.48. The Labute approximate surface area is 96.1 Å². The first kappa shape index (κ1) is 11.0. The van der Waals surface area contributed by atoms with E-state index in [1.807, 2.05) is 12.2 Å². The predicted molar refractivity (Wildman–Crippen MR) is 61.8 cm³/mol. The Morgan fingerprint density at radius 2 is 2.20 bits per heavy atom. The number of allylic oxidation sites excluding steroid dienone is 1. The highest BCUT2D eigenvalue weighted by atomic mass is 35.5. The fraction of sp³-hybridized carbons (Fsp3) is 0.750.